The van der Waals surface area contributed by atoms with Crippen LogP contribution < -0.4 is 16.0 Å². The van der Waals surface area contributed by atoms with Crippen LogP contribution in [-0.4, -0.2) is 126 Å². The topological polar surface area (TPSA) is 243 Å². The number of hydrogen-bond acceptors (Lipinski definition) is 14. The molecule has 0 heterocycles. The molecule has 2 aromatic rings. The summed E-state index contributed by atoms with van der Waals surface area (Å²) < 4.78 is 23.9. The van der Waals surface area contributed by atoms with E-state index in [0.29, 0.717) is 11.3 Å². The number of aromatic hydroxyl groups is 1. The van der Waals surface area contributed by atoms with Gasteiger partial charge in [0.2, 0.25) is 18.6 Å². The Morgan fingerprint density at radius 3 is 2.23 bits per heavy atom. The maximum Gasteiger partial charge on any atom is 0.413 e. The van der Waals surface area contributed by atoms with Gasteiger partial charge in [-0.3, -0.25) is 38.6 Å². The molecular weight excluding hydrogens is 737 g/mol. The Hall–Kier alpha value is -5.75. The average molecular weight is 782 g/mol. The Bertz CT molecular complexity index is 2040. The van der Waals surface area contributed by atoms with Crippen molar-refractivity contribution in [1.82, 2.24) is 9.80 Å². The summed E-state index contributed by atoms with van der Waals surface area (Å²) in [6.45, 7) is 3.18. The molecule has 0 bridgehead atoms. The van der Waals surface area contributed by atoms with E-state index in [9.17, 15) is 53.0 Å². The predicted octanol–water partition coefficient (Wildman–Crippen LogP) is 1.06. The highest BCUT2D eigenvalue weighted by atomic mass is 19.1. The fraction of sp³-hybridized carbons (Fsp3) is 0.474. The molecule has 18 heteroatoms. The highest BCUT2D eigenvalue weighted by molar-refractivity contribution is 6.32. The van der Waals surface area contributed by atoms with Gasteiger partial charge in [0.05, 0.1) is 28.8 Å². The third kappa shape index (κ3) is 7.09. The lowest BCUT2D eigenvalue weighted by molar-refractivity contribution is -0.181. The van der Waals surface area contributed by atoms with Crippen molar-refractivity contribution >= 4 is 58.4 Å². The van der Waals surface area contributed by atoms with Crippen molar-refractivity contribution in [1.29, 1.82) is 0 Å². The minimum atomic E-state index is -2.91. The van der Waals surface area contributed by atoms with Gasteiger partial charge in [0.15, 0.2) is 34.7 Å². The van der Waals surface area contributed by atoms with Crippen LogP contribution in [0.2, 0.25) is 0 Å². The summed E-state index contributed by atoms with van der Waals surface area (Å²) in [6.07, 6.45) is -1.23. The number of benzene rings is 2. The number of esters is 1. The lowest BCUT2D eigenvalue weighted by Crippen LogP contribution is -2.74. The minimum Gasteiger partial charge on any atom is -0.505 e. The molecule has 0 spiro atoms. The number of fused-ring (bicyclic) bond motifs is 3. The number of nitrogens with one attached hydrogen (secondary N) is 1. The monoisotopic (exact) mass is 781 g/mol. The molecule has 2 unspecified atom stereocenters. The lowest BCUT2D eigenvalue weighted by Gasteiger charge is -2.52. The summed E-state index contributed by atoms with van der Waals surface area (Å²) in [4.78, 5) is 111. The first kappa shape index (κ1) is 41.4. The normalized spacial score (nSPS) is 24.4. The second-order valence-corrected chi connectivity index (χ2v) is 15.6. The number of nitrogens with two attached hydrogens (primary N) is 1. The molecule has 3 amide bonds. The van der Waals surface area contributed by atoms with Gasteiger partial charge >= 0.3 is 12.1 Å². The molecule has 5 rings (SSSR count). The van der Waals surface area contributed by atoms with Crippen LogP contribution in [0.5, 0.6) is 5.75 Å². The van der Waals surface area contributed by atoms with Crippen molar-refractivity contribution in [2.75, 3.05) is 51.7 Å². The van der Waals surface area contributed by atoms with E-state index in [-0.39, 0.29) is 29.7 Å². The van der Waals surface area contributed by atoms with E-state index in [0.717, 1.165) is 11.0 Å². The number of carbonyl (C=O) groups excluding carboxylic acids is 8. The smallest absolute Gasteiger partial charge is 0.413 e. The molecule has 300 valence electrons. The van der Waals surface area contributed by atoms with Crippen LogP contribution in [0.15, 0.2) is 30.3 Å². The number of halogens is 1. The predicted molar refractivity (Wildman–Crippen MR) is 194 cm³/mol. The van der Waals surface area contributed by atoms with Gasteiger partial charge in [-0.2, -0.15) is 0 Å². The van der Waals surface area contributed by atoms with Crippen LogP contribution in [0.3, 0.4) is 0 Å². The van der Waals surface area contributed by atoms with Crippen LogP contribution in [0.1, 0.15) is 53.5 Å². The Labute approximate surface area is 320 Å². The molecule has 17 nitrogen and oxygen atoms in total. The van der Waals surface area contributed by atoms with Crippen molar-refractivity contribution in [2.24, 2.45) is 29.4 Å². The zero-order chi connectivity index (χ0) is 41.8. The van der Waals surface area contributed by atoms with E-state index in [4.69, 9.17) is 15.2 Å². The molecule has 0 aromatic heterocycles. The number of phenolic OH excluding ortho intramolecular Hbond substituents is 1. The summed E-state index contributed by atoms with van der Waals surface area (Å²) >= 11 is 0. The summed E-state index contributed by atoms with van der Waals surface area (Å²) in [5, 5.41) is 25.9. The number of aliphatic hydroxyl groups is 1. The number of hydrogen-bond donors (Lipinski definition) is 4. The molecule has 0 saturated heterocycles. The molecule has 2 fully saturated rings. The van der Waals surface area contributed by atoms with Crippen molar-refractivity contribution in [3.05, 3.63) is 52.8 Å². The number of nitrogens with zero attached hydrogens (tertiary/aromatic N) is 3. The van der Waals surface area contributed by atoms with Gasteiger partial charge in [0, 0.05) is 31.2 Å². The molecule has 2 saturated carbocycles. The van der Waals surface area contributed by atoms with Crippen LogP contribution in [0.4, 0.5) is 20.6 Å². The Balaban J connectivity index is 1.42. The first-order chi connectivity index (χ1) is 26.0. The number of rotatable bonds is 9. The third-order valence-corrected chi connectivity index (χ3v) is 10.6. The fourth-order valence-electron chi connectivity index (χ4n) is 7.97. The van der Waals surface area contributed by atoms with Gasteiger partial charge in [-0.25, -0.2) is 14.0 Å². The Kier molecular flexibility index (Phi) is 11.1. The second-order valence-electron chi connectivity index (χ2n) is 15.6. The minimum absolute atomic E-state index is 0.00767. The van der Waals surface area contributed by atoms with Crippen molar-refractivity contribution < 1.29 is 62.4 Å². The number of carbonyl (C=O) groups is 8. The molecule has 5 N–H and O–H groups in total. The maximum atomic E-state index is 14.3. The lowest BCUT2D eigenvalue weighted by atomic mass is 9.52. The van der Waals surface area contributed by atoms with Gasteiger partial charge in [-0.05, 0) is 77.4 Å². The van der Waals surface area contributed by atoms with Gasteiger partial charge in [0.25, 0.3) is 0 Å². The summed E-state index contributed by atoms with van der Waals surface area (Å²) in [6, 6.07) is 5.17. The highest BCUT2D eigenvalue weighted by Crippen LogP contribution is 2.52. The van der Waals surface area contributed by atoms with Crippen LogP contribution in [0, 0.1) is 29.5 Å². The molecule has 3 aliphatic carbocycles. The summed E-state index contributed by atoms with van der Waals surface area (Å²) in [5.41, 5.74) is 1.10. The molecule has 6 atom stereocenters. The van der Waals surface area contributed by atoms with Gasteiger partial charge in [-0.1, -0.05) is 12.1 Å². The standard InChI is InChI=1S/C38H44FN5O12/c1-37(2,3)44(36(53)56-16-55-35(52)18-10-8-9-11-21(18)39)15-24(45)41-22-14-23(42(4)5)19-12-17-13-20-28(43(6)7)31(48)27(34(40)51)33(50)38(20,54)32(49)25(17)30(47)26(19)29(22)46/h8-11,14,17,20,25,27-28,46,54H,12-13,15-16H2,1-7H3,(H2,40,51)(H,41,45)/t17-,20-,25?,27?,28-,38-/m0/s1. The number of likely N-dealkylation sites (N-methyl/N-ethyl adjacent to an activating group) is 1. The number of phenols is 1. The number of ketones is 4. The van der Waals surface area contributed by atoms with E-state index >= 15 is 0 Å². The summed E-state index contributed by atoms with van der Waals surface area (Å²) in [7, 11) is 6.26. The first-order valence-corrected chi connectivity index (χ1v) is 17.6. The van der Waals surface area contributed by atoms with Gasteiger partial charge in [-0.15, -0.1) is 0 Å². The van der Waals surface area contributed by atoms with E-state index < -0.39 is 113 Å². The largest absolute Gasteiger partial charge is 0.505 e. The average Bonchev–Trinajstić information content (AvgIpc) is 3.09. The zero-order valence-electron chi connectivity index (χ0n) is 31.9. The molecule has 0 radical (unpaired) electrons. The van der Waals surface area contributed by atoms with Crippen molar-refractivity contribution in [3.63, 3.8) is 0 Å². The molecule has 0 aliphatic heterocycles. The number of anilines is 2. The van der Waals surface area contributed by atoms with Crippen molar-refractivity contribution in [2.45, 2.75) is 50.8 Å². The second kappa shape index (κ2) is 15.1. The van der Waals surface area contributed by atoms with Crippen LogP contribution in [0.25, 0.3) is 0 Å². The maximum absolute atomic E-state index is 14.3. The quantitative estimate of drug-likeness (QED) is 0.120. The number of ether oxygens (including phenoxy) is 2. The van der Waals surface area contributed by atoms with Crippen LogP contribution in [-0.2, 0) is 39.9 Å². The van der Waals surface area contributed by atoms with Gasteiger partial charge < -0.3 is 35.6 Å². The van der Waals surface area contributed by atoms with Crippen LogP contribution >= 0.6 is 0 Å². The number of Topliss-reactive ketones (excluding diaryl/α,β-unsaturated/α-hetero) is 4. The van der Waals surface area contributed by atoms with Crippen molar-refractivity contribution in [3.8, 4) is 5.75 Å². The van der Waals surface area contributed by atoms with E-state index in [1.165, 1.54) is 43.3 Å². The summed E-state index contributed by atoms with van der Waals surface area (Å²) in [5.74, 6) is -15.2. The highest BCUT2D eigenvalue weighted by Gasteiger charge is 2.69. The Morgan fingerprint density at radius 2 is 1.66 bits per heavy atom. The number of primary amides is 1. The molecule has 56 heavy (non-hydrogen) atoms. The molecule has 3 aliphatic rings. The van der Waals surface area contributed by atoms with Gasteiger partial charge in [0.1, 0.15) is 18.1 Å². The third-order valence-electron chi connectivity index (χ3n) is 10.6. The molecular formula is C38H44FN5O12. The zero-order valence-corrected chi connectivity index (χ0v) is 31.9. The molecule has 2 aromatic carbocycles. The SMILES string of the molecule is CN(C)c1cc(NC(=O)CN(C(=O)OCOC(=O)c2ccccc2F)C(C)(C)C)c(O)c2c1C[C@H]1C[C@H]3[C@H](N(C)C)C(=O)C(C(N)=O)C(=O)[C@@]3(O)C(=O)C1C2=O. The Morgan fingerprint density at radius 1 is 1.02 bits per heavy atom. The van der Waals surface area contributed by atoms with E-state index in [2.05, 4.69) is 5.32 Å². The van der Waals surface area contributed by atoms with E-state index in [1.54, 1.807) is 39.8 Å². The van der Waals surface area contributed by atoms with E-state index in [1.807, 2.05) is 0 Å². The first-order valence-electron chi connectivity index (χ1n) is 17.6. The fourth-order valence-corrected chi connectivity index (χ4v) is 7.97. The number of amides is 3.